The maximum absolute atomic E-state index is 11.0. The van der Waals surface area contributed by atoms with Crippen LogP contribution in [0.3, 0.4) is 0 Å². The highest BCUT2D eigenvalue weighted by Gasteiger charge is 2.17. The van der Waals surface area contributed by atoms with Crippen LogP contribution >= 0.6 is 0 Å². The zero-order chi connectivity index (χ0) is 12.1. The van der Waals surface area contributed by atoms with Crippen LogP contribution in [0.15, 0.2) is 12.4 Å². The Morgan fingerprint density at radius 3 is 2.56 bits per heavy atom. The Kier molecular flexibility index (Phi) is 3.93. The molecule has 0 aliphatic rings. The first-order valence-electron chi connectivity index (χ1n) is 4.73. The molecule has 0 aliphatic carbocycles. The first-order chi connectivity index (χ1) is 7.50. The van der Waals surface area contributed by atoms with Crippen molar-refractivity contribution in [1.29, 1.82) is 0 Å². The third-order valence-electron chi connectivity index (χ3n) is 1.65. The van der Waals surface area contributed by atoms with E-state index >= 15 is 0 Å². The Morgan fingerprint density at radius 2 is 2.00 bits per heavy atom. The zero-order valence-corrected chi connectivity index (χ0v) is 9.01. The summed E-state index contributed by atoms with van der Waals surface area (Å²) in [4.78, 5) is 29.2. The van der Waals surface area contributed by atoms with Gasteiger partial charge in [0, 0.05) is 12.4 Å². The van der Waals surface area contributed by atoms with Crippen molar-refractivity contribution < 1.29 is 19.4 Å². The summed E-state index contributed by atoms with van der Waals surface area (Å²) in [6.07, 6.45) is 2.38. The summed E-state index contributed by atoms with van der Waals surface area (Å²) in [7, 11) is 0. The largest absolute Gasteiger partial charge is 0.475 e. The number of carboxylic acid groups (broad SMARTS) is 1. The highest BCUT2D eigenvalue weighted by Crippen LogP contribution is 2.13. The maximum atomic E-state index is 11.0. The van der Waals surface area contributed by atoms with Gasteiger partial charge in [-0.15, -0.1) is 0 Å². The standard InChI is InChI=1S/C10H12N2O4/c1-6(2)16-9-7(11-3-4-12-9)5-8(13)10(14)15/h3-4,6H,5H2,1-2H3,(H,14,15). The number of carboxylic acids is 1. The summed E-state index contributed by atoms with van der Waals surface area (Å²) < 4.78 is 5.31. The molecule has 1 N–H and O–H groups in total. The first-order valence-corrected chi connectivity index (χ1v) is 4.73. The van der Waals surface area contributed by atoms with Crippen molar-refractivity contribution in [3.8, 4) is 5.88 Å². The summed E-state index contributed by atoms with van der Waals surface area (Å²) in [5, 5.41) is 8.48. The fraction of sp³-hybridized carbons (Fsp3) is 0.400. The molecule has 1 aromatic rings. The van der Waals surface area contributed by atoms with E-state index in [1.54, 1.807) is 13.8 Å². The molecule has 0 amide bonds. The van der Waals surface area contributed by atoms with Gasteiger partial charge in [0.2, 0.25) is 11.7 Å². The second-order valence-corrected chi connectivity index (χ2v) is 3.38. The number of nitrogens with zero attached hydrogens (tertiary/aromatic N) is 2. The molecular weight excluding hydrogens is 212 g/mol. The van der Waals surface area contributed by atoms with E-state index in [4.69, 9.17) is 9.84 Å². The number of carbonyl (C=O) groups excluding carboxylic acids is 1. The van der Waals surface area contributed by atoms with Crippen molar-refractivity contribution in [3.05, 3.63) is 18.1 Å². The lowest BCUT2D eigenvalue weighted by molar-refractivity contribution is -0.148. The van der Waals surface area contributed by atoms with Crippen LogP contribution < -0.4 is 4.74 Å². The van der Waals surface area contributed by atoms with Gasteiger partial charge in [-0.2, -0.15) is 0 Å². The molecule has 0 unspecified atom stereocenters. The topological polar surface area (TPSA) is 89.4 Å². The van der Waals surface area contributed by atoms with Gasteiger partial charge in [-0.1, -0.05) is 0 Å². The Morgan fingerprint density at radius 1 is 1.38 bits per heavy atom. The maximum Gasteiger partial charge on any atom is 0.372 e. The van der Waals surface area contributed by atoms with Crippen molar-refractivity contribution in [3.63, 3.8) is 0 Å². The van der Waals surface area contributed by atoms with Gasteiger partial charge in [0.1, 0.15) is 5.69 Å². The summed E-state index contributed by atoms with van der Waals surface area (Å²) in [6, 6.07) is 0. The molecule has 0 aliphatic heterocycles. The third-order valence-corrected chi connectivity index (χ3v) is 1.65. The Labute approximate surface area is 92.3 Å². The monoisotopic (exact) mass is 224 g/mol. The van der Waals surface area contributed by atoms with Gasteiger partial charge in [0.15, 0.2) is 0 Å². The van der Waals surface area contributed by atoms with Crippen LogP contribution in [-0.4, -0.2) is 32.9 Å². The van der Waals surface area contributed by atoms with E-state index in [-0.39, 0.29) is 24.1 Å². The van der Waals surface area contributed by atoms with Gasteiger partial charge in [-0.05, 0) is 13.8 Å². The Balaban J connectivity index is 2.86. The normalized spacial score (nSPS) is 10.2. The summed E-state index contributed by atoms with van der Waals surface area (Å²) in [5.41, 5.74) is 0.239. The number of hydrogen-bond acceptors (Lipinski definition) is 5. The molecule has 0 atom stereocenters. The van der Waals surface area contributed by atoms with E-state index in [0.29, 0.717) is 0 Å². The van der Waals surface area contributed by atoms with Crippen LogP contribution in [0.4, 0.5) is 0 Å². The Bertz CT molecular complexity index is 404. The van der Waals surface area contributed by atoms with Gasteiger partial charge in [0.25, 0.3) is 0 Å². The molecule has 1 rings (SSSR count). The van der Waals surface area contributed by atoms with Gasteiger partial charge < -0.3 is 9.84 Å². The number of ketones is 1. The number of Topliss-reactive ketones (excluding diaryl/α,β-unsaturated/α-hetero) is 1. The van der Waals surface area contributed by atoms with E-state index in [1.165, 1.54) is 12.4 Å². The quantitative estimate of drug-likeness (QED) is 0.731. The zero-order valence-electron chi connectivity index (χ0n) is 9.01. The highest BCUT2D eigenvalue weighted by atomic mass is 16.5. The van der Waals surface area contributed by atoms with Crippen molar-refractivity contribution >= 4 is 11.8 Å². The molecule has 0 spiro atoms. The molecule has 0 bridgehead atoms. The highest BCUT2D eigenvalue weighted by molar-refractivity contribution is 6.33. The molecule has 0 fully saturated rings. The lowest BCUT2D eigenvalue weighted by Crippen LogP contribution is -2.18. The van der Waals surface area contributed by atoms with Crippen LogP contribution in [0, 0.1) is 0 Å². The summed E-state index contributed by atoms with van der Waals surface area (Å²) in [6.45, 7) is 3.61. The molecule has 0 saturated carbocycles. The van der Waals surface area contributed by atoms with Gasteiger partial charge in [-0.3, -0.25) is 9.78 Å². The number of ether oxygens (including phenoxy) is 1. The number of carbonyl (C=O) groups is 2. The minimum absolute atomic E-state index is 0.115. The molecule has 1 heterocycles. The number of aliphatic carboxylic acids is 1. The predicted octanol–water partition coefficient (Wildman–Crippen LogP) is 0.460. The van der Waals surface area contributed by atoms with Gasteiger partial charge >= 0.3 is 5.97 Å². The van der Waals surface area contributed by atoms with Gasteiger partial charge in [-0.25, -0.2) is 9.78 Å². The van der Waals surface area contributed by atoms with Crippen molar-refractivity contribution in [2.45, 2.75) is 26.4 Å². The van der Waals surface area contributed by atoms with E-state index in [0.717, 1.165) is 0 Å². The van der Waals surface area contributed by atoms with Crippen LogP contribution in [0.5, 0.6) is 5.88 Å². The second kappa shape index (κ2) is 5.20. The molecule has 0 radical (unpaired) electrons. The van der Waals surface area contributed by atoms with Gasteiger partial charge in [0.05, 0.1) is 12.5 Å². The smallest absolute Gasteiger partial charge is 0.372 e. The minimum Gasteiger partial charge on any atom is -0.475 e. The molecule has 6 heteroatoms. The SMILES string of the molecule is CC(C)Oc1nccnc1CC(=O)C(=O)O. The number of rotatable bonds is 5. The second-order valence-electron chi connectivity index (χ2n) is 3.38. The molecule has 0 aromatic carbocycles. The van der Waals surface area contributed by atoms with E-state index in [9.17, 15) is 9.59 Å². The van der Waals surface area contributed by atoms with Crippen LogP contribution in [0.1, 0.15) is 19.5 Å². The lowest BCUT2D eigenvalue weighted by Gasteiger charge is -2.10. The van der Waals surface area contributed by atoms with Crippen LogP contribution in [0.25, 0.3) is 0 Å². The van der Waals surface area contributed by atoms with Crippen molar-refractivity contribution in [2.75, 3.05) is 0 Å². The summed E-state index contributed by atoms with van der Waals surface area (Å²) >= 11 is 0. The molecule has 16 heavy (non-hydrogen) atoms. The fourth-order valence-electron chi connectivity index (χ4n) is 1.02. The average molecular weight is 224 g/mol. The van der Waals surface area contributed by atoms with Crippen molar-refractivity contribution in [1.82, 2.24) is 9.97 Å². The van der Waals surface area contributed by atoms with E-state index < -0.39 is 11.8 Å². The average Bonchev–Trinajstić information content (AvgIpc) is 2.20. The molecular formula is C10H12N2O4. The molecule has 0 saturated heterocycles. The Hall–Kier alpha value is -1.98. The van der Waals surface area contributed by atoms with Crippen LogP contribution in [-0.2, 0) is 16.0 Å². The van der Waals surface area contributed by atoms with E-state index in [1.807, 2.05) is 0 Å². The predicted molar refractivity (Wildman–Crippen MR) is 54.1 cm³/mol. The molecule has 86 valence electrons. The van der Waals surface area contributed by atoms with Crippen molar-refractivity contribution in [2.24, 2.45) is 0 Å². The molecule has 6 nitrogen and oxygen atoms in total. The molecule has 1 aromatic heterocycles. The number of hydrogen-bond donors (Lipinski definition) is 1. The van der Waals surface area contributed by atoms with Crippen LogP contribution in [0.2, 0.25) is 0 Å². The summed E-state index contributed by atoms with van der Waals surface area (Å²) in [5.74, 6) is -2.22. The number of aromatic nitrogens is 2. The first kappa shape index (κ1) is 12.1. The minimum atomic E-state index is -1.49. The lowest BCUT2D eigenvalue weighted by atomic mass is 10.2. The van der Waals surface area contributed by atoms with E-state index in [2.05, 4.69) is 9.97 Å². The fourth-order valence-corrected chi connectivity index (χ4v) is 1.02. The third kappa shape index (κ3) is 3.30.